The van der Waals surface area contributed by atoms with E-state index in [0.717, 1.165) is 12.0 Å². The van der Waals surface area contributed by atoms with E-state index >= 15 is 0 Å². The van der Waals surface area contributed by atoms with Crippen LogP contribution in [0.4, 0.5) is 0 Å². The number of hydrogen-bond donors (Lipinski definition) is 1. The molecule has 0 atom stereocenters. The predicted octanol–water partition coefficient (Wildman–Crippen LogP) is 0.848. The van der Waals surface area contributed by atoms with Gasteiger partial charge in [0.2, 0.25) is 0 Å². The Morgan fingerprint density at radius 3 is 2.44 bits per heavy atom. The lowest BCUT2D eigenvalue weighted by Gasteiger charge is -2.05. The minimum atomic E-state index is -0.0796. The number of carbonyl (C=O) groups is 1. The average Bonchev–Trinajstić information content (AvgIpc) is 2.40. The first-order valence-electron chi connectivity index (χ1n) is 5.78. The van der Waals surface area contributed by atoms with Gasteiger partial charge in [0.15, 0.2) is 0 Å². The van der Waals surface area contributed by atoms with Crippen LogP contribution < -0.4 is 10.8 Å². The molecular formula is C14H13BN2O. The molecule has 0 aliphatic carbocycles. The van der Waals surface area contributed by atoms with E-state index < -0.39 is 0 Å². The van der Waals surface area contributed by atoms with Crippen LogP contribution in [0.2, 0.25) is 0 Å². The minimum Gasteiger partial charge on any atom is -0.352 e. The fourth-order valence-corrected chi connectivity index (χ4v) is 1.61. The van der Waals surface area contributed by atoms with Crippen molar-refractivity contribution in [3.8, 4) is 0 Å². The molecule has 1 aromatic carbocycles. The van der Waals surface area contributed by atoms with Gasteiger partial charge in [-0.1, -0.05) is 29.7 Å². The van der Waals surface area contributed by atoms with E-state index in [2.05, 4.69) is 10.3 Å². The van der Waals surface area contributed by atoms with Crippen LogP contribution in [0.1, 0.15) is 15.9 Å². The van der Waals surface area contributed by atoms with Gasteiger partial charge in [0.25, 0.3) is 5.91 Å². The van der Waals surface area contributed by atoms with Crippen molar-refractivity contribution in [2.24, 2.45) is 0 Å². The molecule has 88 valence electrons. The summed E-state index contributed by atoms with van der Waals surface area (Å²) in [7, 11) is 5.57. The van der Waals surface area contributed by atoms with Gasteiger partial charge in [-0.15, -0.1) is 0 Å². The molecule has 0 bridgehead atoms. The molecule has 3 nitrogen and oxygen atoms in total. The Kier molecular flexibility index (Phi) is 4.13. The van der Waals surface area contributed by atoms with E-state index in [9.17, 15) is 4.79 Å². The highest BCUT2D eigenvalue weighted by Gasteiger charge is 2.03. The first kappa shape index (κ1) is 12.4. The molecule has 0 saturated heterocycles. The van der Waals surface area contributed by atoms with Crippen molar-refractivity contribution < 1.29 is 4.79 Å². The molecule has 1 aromatic heterocycles. The van der Waals surface area contributed by atoms with E-state index in [1.165, 1.54) is 0 Å². The Morgan fingerprint density at radius 1 is 1.11 bits per heavy atom. The van der Waals surface area contributed by atoms with E-state index in [4.69, 9.17) is 7.85 Å². The van der Waals surface area contributed by atoms with Crippen LogP contribution in [0.5, 0.6) is 0 Å². The van der Waals surface area contributed by atoms with Crippen LogP contribution in [-0.4, -0.2) is 25.3 Å². The average molecular weight is 236 g/mol. The van der Waals surface area contributed by atoms with Gasteiger partial charge in [0.05, 0.1) is 0 Å². The molecule has 1 N–H and O–H groups in total. The number of benzene rings is 1. The molecule has 18 heavy (non-hydrogen) atoms. The highest BCUT2D eigenvalue weighted by molar-refractivity contribution is 6.32. The SMILES string of the molecule is [B]c1ccc(C(=O)NCCc2ccncc2)cc1. The fourth-order valence-electron chi connectivity index (χ4n) is 1.61. The van der Waals surface area contributed by atoms with Gasteiger partial charge < -0.3 is 5.32 Å². The van der Waals surface area contributed by atoms with Crippen molar-refractivity contribution in [2.45, 2.75) is 6.42 Å². The molecular weight excluding hydrogens is 223 g/mol. The quantitative estimate of drug-likeness (QED) is 0.799. The summed E-state index contributed by atoms with van der Waals surface area (Å²) >= 11 is 0. The number of aromatic nitrogens is 1. The maximum absolute atomic E-state index is 11.8. The third kappa shape index (κ3) is 3.45. The summed E-state index contributed by atoms with van der Waals surface area (Å²) < 4.78 is 0. The molecule has 1 amide bonds. The molecule has 1 heterocycles. The van der Waals surface area contributed by atoms with Crippen molar-refractivity contribution in [2.75, 3.05) is 6.54 Å². The highest BCUT2D eigenvalue weighted by atomic mass is 16.1. The fraction of sp³-hybridized carbons (Fsp3) is 0.143. The van der Waals surface area contributed by atoms with Crippen LogP contribution in [0, 0.1) is 0 Å². The van der Waals surface area contributed by atoms with E-state index in [0.29, 0.717) is 17.6 Å². The van der Waals surface area contributed by atoms with Gasteiger partial charge in [-0.05, 0) is 24.1 Å². The zero-order valence-electron chi connectivity index (χ0n) is 9.97. The van der Waals surface area contributed by atoms with Crippen molar-refractivity contribution in [1.82, 2.24) is 10.3 Å². The lowest BCUT2D eigenvalue weighted by atomic mass is 9.95. The second-order valence-corrected chi connectivity index (χ2v) is 3.98. The summed E-state index contributed by atoms with van der Waals surface area (Å²) in [4.78, 5) is 15.7. The number of nitrogens with zero attached hydrogens (tertiary/aromatic N) is 1. The second-order valence-electron chi connectivity index (χ2n) is 3.98. The monoisotopic (exact) mass is 236 g/mol. The van der Waals surface area contributed by atoms with Crippen LogP contribution >= 0.6 is 0 Å². The van der Waals surface area contributed by atoms with Gasteiger partial charge in [-0.2, -0.15) is 0 Å². The molecule has 0 aliphatic heterocycles. The second kappa shape index (κ2) is 6.01. The summed E-state index contributed by atoms with van der Waals surface area (Å²) in [6.45, 7) is 0.604. The van der Waals surface area contributed by atoms with Crippen molar-refractivity contribution in [3.05, 3.63) is 59.9 Å². The Balaban J connectivity index is 1.84. The molecule has 0 aliphatic rings. The Morgan fingerprint density at radius 2 is 1.78 bits per heavy atom. The smallest absolute Gasteiger partial charge is 0.251 e. The summed E-state index contributed by atoms with van der Waals surface area (Å²) in [6.07, 6.45) is 4.29. The topological polar surface area (TPSA) is 42.0 Å². The normalized spacial score (nSPS) is 10.0. The molecule has 2 radical (unpaired) electrons. The van der Waals surface area contributed by atoms with E-state index in [1.54, 1.807) is 36.7 Å². The number of amides is 1. The van der Waals surface area contributed by atoms with Crippen LogP contribution in [0.3, 0.4) is 0 Å². The molecule has 2 aromatic rings. The van der Waals surface area contributed by atoms with E-state index in [-0.39, 0.29) is 5.91 Å². The van der Waals surface area contributed by atoms with Crippen LogP contribution in [0.15, 0.2) is 48.8 Å². The zero-order valence-corrected chi connectivity index (χ0v) is 9.97. The number of pyridine rings is 1. The molecule has 0 unspecified atom stereocenters. The molecule has 0 spiro atoms. The van der Waals surface area contributed by atoms with Crippen molar-refractivity contribution in [1.29, 1.82) is 0 Å². The first-order chi connectivity index (χ1) is 8.75. The summed E-state index contributed by atoms with van der Waals surface area (Å²) in [5.74, 6) is -0.0796. The molecule has 0 saturated carbocycles. The van der Waals surface area contributed by atoms with Gasteiger partial charge >= 0.3 is 0 Å². The third-order valence-corrected chi connectivity index (χ3v) is 2.62. The summed E-state index contributed by atoms with van der Waals surface area (Å²) in [5.41, 5.74) is 2.44. The minimum absolute atomic E-state index is 0.0796. The lowest BCUT2D eigenvalue weighted by molar-refractivity contribution is 0.0954. The van der Waals surface area contributed by atoms with Crippen molar-refractivity contribution in [3.63, 3.8) is 0 Å². The lowest BCUT2D eigenvalue weighted by Crippen LogP contribution is -2.26. The zero-order chi connectivity index (χ0) is 12.8. The van der Waals surface area contributed by atoms with Gasteiger partial charge in [0.1, 0.15) is 7.85 Å². The Labute approximate surface area is 108 Å². The summed E-state index contributed by atoms with van der Waals surface area (Å²) in [5, 5.41) is 2.87. The maximum Gasteiger partial charge on any atom is 0.251 e. The number of carbonyl (C=O) groups excluding carboxylic acids is 1. The molecule has 0 fully saturated rings. The number of rotatable bonds is 4. The Hall–Kier alpha value is -2.10. The Bertz CT molecular complexity index is 511. The van der Waals surface area contributed by atoms with Crippen molar-refractivity contribution >= 4 is 19.2 Å². The first-order valence-corrected chi connectivity index (χ1v) is 5.78. The predicted molar refractivity (Wildman–Crippen MR) is 72.1 cm³/mol. The van der Waals surface area contributed by atoms with Gasteiger partial charge in [-0.25, -0.2) is 0 Å². The number of nitrogens with one attached hydrogen (secondary N) is 1. The van der Waals surface area contributed by atoms with Gasteiger partial charge in [-0.3, -0.25) is 9.78 Å². The highest BCUT2D eigenvalue weighted by Crippen LogP contribution is 1.98. The molecule has 4 heteroatoms. The van der Waals surface area contributed by atoms with Gasteiger partial charge in [0, 0.05) is 24.5 Å². The van der Waals surface area contributed by atoms with Crippen LogP contribution in [-0.2, 0) is 6.42 Å². The van der Waals surface area contributed by atoms with E-state index in [1.807, 2.05) is 12.1 Å². The maximum atomic E-state index is 11.8. The third-order valence-electron chi connectivity index (χ3n) is 2.62. The molecule has 2 rings (SSSR count). The summed E-state index contributed by atoms with van der Waals surface area (Å²) in [6, 6.07) is 10.8. The number of hydrogen-bond acceptors (Lipinski definition) is 2. The largest absolute Gasteiger partial charge is 0.352 e. The van der Waals surface area contributed by atoms with Crippen LogP contribution in [0.25, 0.3) is 0 Å². The standard InChI is InChI=1S/C14H13BN2O/c15-13-3-1-12(2-4-13)14(18)17-10-7-11-5-8-16-9-6-11/h1-6,8-9H,7,10H2,(H,17,18).